The van der Waals surface area contributed by atoms with Gasteiger partial charge >= 0.3 is 0 Å². The molecule has 3 heterocycles. The predicted octanol–water partition coefficient (Wildman–Crippen LogP) is 1.06. The fourth-order valence-corrected chi connectivity index (χ4v) is 5.08. The SMILES string of the molecule is C=CC(=O)N1CCC2C(C1)NC(Cc1cccc(F)c1)NC2C1CCN(C)[N+]1=O. The highest BCUT2D eigenvalue weighted by Crippen LogP contribution is 2.31. The van der Waals surface area contributed by atoms with Gasteiger partial charge in [0.15, 0.2) is 0 Å². The normalized spacial score (nSPS) is 32.2. The third-order valence-corrected chi connectivity index (χ3v) is 6.53. The molecule has 156 valence electrons. The highest BCUT2D eigenvalue weighted by Gasteiger charge is 2.52. The van der Waals surface area contributed by atoms with Crippen LogP contribution in [0.4, 0.5) is 4.39 Å². The Morgan fingerprint density at radius 3 is 2.86 bits per heavy atom. The molecule has 1 aromatic carbocycles. The molecule has 0 aliphatic carbocycles. The van der Waals surface area contributed by atoms with E-state index in [1.54, 1.807) is 17.1 Å². The lowest BCUT2D eigenvalue weighted by Gasteiger charge is -2.48. The second kappa shape index (κ2) is 8.20. The third kappa shape index (κ3) is 4.04. The van der Waals surface area contributed by atoms with Crippen LogP contribution in [-0.4, -0.2) is 71.7 Å². The number of carbonyl (C=O) groups excluding carboxylic acids is 1. The Balaban J connectivity index is 1.56. The third-order valence-electron chi connectivity index (χ3n) is 6.53. The number of rotatable bonds is 4. The molecular weight excluding hydrogens is 373 g/mol. The van der Waals surface area contributed by atoms with Gasteiger partial charge in [0, 0.05) is 32.0 Å². The second-order valence-corrected chi connectivity index (χ2v) is 8.33. The van der Waals surface area contributed by atoms with E-state index in [1.165, 1.54) is 12.1 Å². The zero-order valence-electron chi connectivity index (χ0n) is 16.8. The van der Waals surface area contributed by atoms with Crippen molar-refractivity contribution in [2.24, 2.45) is 5.92 Å². The number of halogens is 1. The number of hydrazine groups is 1. The van der Waals surface area contributed by atoms with Crippen molar-refractivity contribution in [1.29, 1.82) is 0 Å². The Bertz CT molecular complexity index is 803. The molecule has 29 heavy (non-hydrogen) atoms. The lowest BCUT2D eigenvalue weighted by Crippen LogP contribution is -2.71. The van der Waals surface area contributed by atoms with Gasteiger partial charge in [0.05, 0.1) is 30.7 Å². The molecule has 3 aliphatic heterocycles. The molecule has 1 aromatic rings. The van der Waals surface area contributed by atoms with E-state index in [9.17, 15) is 14.1 Å². The molecule has 3 fully saturated rings. The van der Waals surface area contributed by atoms with Crippen LogP contribution in [0, 0.1) is 16.6 Å². The molecule has 0 aromatic heterocycles. The topological polar surface area (TPSA) is 67.7 Å². The summed E-state index contributed by atoms with van der Waals surface area (Å²) in [5.41, 5.74) is 0.893. The molecule has 3 aliphatic rings. The molecule has 8 heteroatoms. The van der Waals surface area contributed by atoms with Gasteiger partial charge < -0.3 is 4.90 Å². The quantitative estimate of drug-likeness (QED) is 0.582. The number of nitrogens with zero attached hydrogens (tertiary/aromatic N) is 3. The van der Waals surface area contributed by atoms with Crippen molar-refractivity contribution >= 4 is 5.91 Å². The summed E-state index contributed by atoms with van der Waals surface area (Å²) in [6.07, 6.45) is 3.50. The summed E-state index contributed by atoms with van der Waals surface area (Å²) >= 11 is 0. The molecule has 0 spiro atoms. The van der Waals surface area contributed by atoms with Crippen LogP contribution in [0.3, 0.4) is 0 Å². The summed E-state index contributed by atoms with van der Waals surface area (Å²) in [4.78, 5) is 27.7. The van der Waals surface area contributed by atoms with Crippen molar-refractivity contribution in [2.75, 3.05) is 26.7 Å². The number of nitroso groups, excluding NO2 is 1. The molecule has 7 nitrogen and oxygen atoms in total. The molecule has 0 radical (unpaired) electrons. The maximum absolute atomic E-state index is 13.6. The monoisotopic (exact) mass is 402 g/mol. The van der Waals surface area contributed by atoms with Crippen LogP contribution in [0.15, 0.2) is 36.9 Å². The van der Waals surface area contributed by atoms with Gasteiger partial charge in [-0.25, -0.2) is 4.39 Å². The van der Waals surface area contributed by atoms with Crippen LogP contribution < -0.4 is 10.6 Å². The number of benzene rings is 1. The minimum atomic E-state index is -0.253. The van der Waals surface area contributed by atoms with Crippen molar-refractivity contribution in [3.8, 4) is 0 Å². The van der Waals surface area contributed by atoms with E-state index in [0.717, 1.165) is 29.8 Å². The first-order valence-corrected chi connectivity index (χ1v) is 10.3. The summed E-state index contributed by atoms with van der Waals surface area (Å²) in [6.45, 7) is 5.61. The van der Waals surface area contributed by atoms with E-state index in [2.05, 4.69) is 17.2 Å². The standard InChI is InChI=1S/C21H29FN5O2/c1-3-20(28)26-10-7-16-17(13-26)23-19(12-14-5-4-6-15(22)11-14)24-21(16)18-8-9-25(2)27(18)29/h3-6,11,16-19,21,23-24H,1,7-10,12-13H2,2H3/q+1. The summed E-state index contributed by atoms with van der Waals surface area (Å²) in [6, 6.07) is 6.57. The van der Waals surface area contributed by atoms with Gasteiger partial charge in [-0.05, 0) is 36.1 Å². The molecule has 2 N–H and O–H groups in total. The fraction of sp³-hybridized carbons (Fsp3) is 0.571. The minimum Gasteiger partial charge on any atom is -0.338 e. The van der Waals surface area contributed by atoms with Gasteiger partial charge in [0.1, 0.15) is 10.7 Å². The average molecular weight is 402 g/mol. The highest BCUT2D eigenvalue weighted by atomic mass is 19.1. The van der Waals surface area contributed by atoms with E-state index in [1.807, 2.05) is 18.0 Å². The summed E-state index contributed by atoms with van der Waals surface area (Å²) in [7, 11) is 1.82. The van der Waals surface area contributed by atoms with E-state index in [4.69, 9.17) is 0 Å². The van der Waals surface area contributed by atoms with Gasteiger partial charge in [-0.1, -0.05) is 18.7 Å². The molecule has 0 saturated carbocycles. The minimum absolute atomic E-state index is 0.0169. The number of fused-ring (bicyclic) bond motifs is 1. The molecule has 3 saturated heterocycles. The summed E-state index contributed by atoms with van der Waals surface area (Å²) in [5.74, 6) is -0.0649. The van der Waals surface area contributed by atoms with E-state index in [-0.39, 0.29) is 41.9 Å². The van der Waals surface area contributed by atoms with Crippen LogP contribution in [-0.2, 0) is 11.2 Å². The van der Waals surface area contributed by atoms with Gasteiger partial charge in [-0.2, -0.15) is 0 Å². The molecule has 5 unspecified atom stereocenters. The van der Waals surface area contributed by atoms with Crippen molar-refractivity contribution in [2.45, 2.75) is 43.6 Å². The van der Waals surface area contributed by atoms with Crippen molar-refractivity contribution in [1.82, 2.24) is 20.5 Å². The molecule has 5 atom stereocenters. The molecular formula is C21H29FN5O2+. The zero-order chi connectivity index (χ0) is 20.5. The van der Waals surface area contributed by atoms with Crippen molar-refractivity contribution < 1.29 is 14.1 Å². The number of piperidine rings is 1. The molecule has 4 rings (SSSR count). The first-order chi connectivity index (χ1) is 14.0. The van der Waals surface area contributed by atoms with Crippen LogP contribution in [0.1, 0.15) is 18.4 Å². The van der Waals surface area contributed by atoms with E-state index >= 15 is 0 Å². The average Bonchev–Trinajstić information content (AvgIpc) is 3.04. The highest BCUT2D eigenvalue weighted by molar-refractivity contribution is 5.87. The smallest absolute Gasteiger partial charge is 0.251 e. The first kappa shape index (κ1) is 20.0. The van der Waals surface area contributed by atoms with Crippen LogP contribution in [0.5, 0.6) is 0 Å². The first-order valence-electron chi connectivity index (χ1n) is 10.3. The Kier molecular flexibility index (Phi) is 5.65. The van der Waals surface area contributed by atoms with Crippen molar-refractivity contribution in [3.05, 3.63) is 53.2 Å². The maximum atomic E-state index is 13.6. The lowest BCUT2D eigenvalue weighted by molar-refractivity contribution is -0.709. The summed E-state index contributed by atoms with van der Waals surface area (Å²) < 4.78 is 13.6. The summed E-state index contributed by atoms with van der Waals surface area (Å²) in [5, 5.41) is 8.99. The van der Waals surface area contributed by atoms with E-state index < -0.39 is 0 Å². The van der Waals surface area contributed by atoms with Crippen molar-refractivity contribution in [3.63, 3.8) is 0 Å². The Hall–Kier alpha value is -2.32. The number of carbonyl (C=O) groups is 1. The molecule has 0 bridgehead atoms. The number of nitrogens with one attached hydrogen (secondary N) is 2. The van der Waals surface area contributed by atoms with Gasteiger partial charge in [-0.3, -0.25) is 15.4 Å². The second-order valence-electron chi connectivity index (χ2n) is 8.33. The van der Waals surface area contributed by atoms with Crippen LogP contribution >= 0.6 is 0 Å². The number of hydrogen-bond donors (Lipinski definition) is 2. The zero-order valence-corrected chi connectivity index (χ0v) is 16.8. The maximum Gasteiger partial charge on any atom is 0.251 e. The molecule has 1 amide bonds. The fourth-order valence-electron chi connectivity index (χ4n) is 5.08. The van der Waals surface area contributed by atoms with Crippen LogP contribution in [0.2, 0.25) is 0 Å². The van der Waals surface area contributed by atoms with Crippen LogP contribution in [0.25, 0.3) is 0 Å². The Labute approximate surface area is 170 Å². The Morgan fingerprint density at radius 1 is 1.34 bits per heavy atom. The van der Waals surface area contributed by atoms with Gasteiger partial charge in [-0.15, -0.1) is 5.01 Å². The lowest BCUT2D eigenvalue weighted by atomic mass is 9.78. The number of amides is 1. The van der Waals surface area contributed by atoms with Gasteiger partial charge in [0.25, 0.3) is 6.04 Å². The largest absolute Gasteiger partial charge is 0.338 e. The van der Waals surface area contributed by atoms with E-state index in [0.29, 0.717) is 19.5 Å². The number of likely N-dealkylation sites (tertiary alicyclic amines) is 1. The number of hydrogen-bond acceptors (Lipinski definition) is 4. The van der Waals surface area contributed by atoms with Gasteiger partial charge in [0.2, 0.25) is 5.91 Å². The Morgan fingerprint density at radius 2 is 2.17 bits per heavy atom. The predicted molar refractivity (Wildman–Crippen MR) is 107 cm³/mol.